The SMILES string of the molecule is COC(=O)[C@@]12Nc3ccc(Cl)cc3N(c3ccc(C)cc3)[C@@H]1c1ccccc1N=C2N. The van der Waals surface area contributed by atoms with Crippen LogP contribution in [0.2, 0.25) is 5.02 Å². The molecule has 2 aliphatic rings. The van der Waals surface area contributed by atoms with Crippen LogP contribution in [0.1, 0.15) is 17.2 Å². The Morgan fingerprint density at radius 1 is 1.16 bits per heavy atom. The molecular weight excluding hydrogens is 412 g/mol. The van der Waals surface area contributed by atoms with Gasteiger partial charge in [0.2, 0.25) is 5.54 Å². The lowest BCUT2D eigenvalue weighted by atomic mass is 9.77. The normalized spacial score (nSPS) is 21.2. The van der Waals surface area contributed by atoms with E-state index in [-0.39, 0.29) is 5.84 Å². The molecule has 156 valence electrons. The third-order valence-corrected chi connectivity index (χ3v) is 6.15. The van der Waals surface area contributed by atoms with Gasteiger partial charge in [-0.15, -0.1) is 0 Å². The van der Waals surface area contributed by atoms with Gasteiger partial charge >= 0.3 is 5.97 Å². The minimum atomic E-state index is -1.41. The molecular formula is C24H21ClN4O2. The quantitative estimate of drug-likeness (QED) is 0.565. The van der Waals surface area contributed by atoms with Gasteiger partial charge in [0.1, 0.15) is 11.9 Å². The lowest BCUT2D eigenvalue weighted by Crippen LogP contribution is -2.67. The number of anilines is 3. The van der Waals surface area contributed by atoms with Gasteiger partial charge in [-0.05, 0) is 43.3 Å². The van der Waals surface area contributed by atoms with Gasteiger partial charge < -0.3 is 20.7 Å². The van der Waals surface area contributed by atoms with Gasteiger partial charge in [0.15, 0.2) is 0 Å². The Kier molecular flexibility index (Phi) is 4.41. The van der Waals surface area contributed by atoms with Crippen molar-refractivity contribution >= 4 is 46.2 Å². The van der Waals surface area contributed by atoms with E-state index >= 15 is 0 Å². The number of aliphatic imine (C=N–C) groups is 1. The Labute approximate surface area is 185 Å². The predicted molar refractivity (Wildman–Crippen MR) is 124 cm³/mol. The van der Waals surface area contributed by atoms with Crippen LogP contribution in [-0.4, -0.2) is 24.5 Å². The van der Waals surface area contributed by atoms with E-state index in [2.05, 4.69) is 15.2 Å². The Morgan fingerprint density at radius 3 is 2.65 bits per heavy atom. The molecule has 0 aliphatic carbocycles. The average molecular weight is 433 g/mol. The van der Waals surface area contributed by atoms with Crippen LogP contribution >= 0.6 is 11.6 Å². The van der Waals surface area contributed by atoms with E-state index in [1.54, 1.807) is 6.07 Å². The standard InChI is InChI=1S/C24H21ClN4O2/c1-14-7-10-16(11-8-14)29-20-13-15(25)9-12-19(20)28-24(23(30)31-2)21(29)17-5-3-4-6-18(17)27-22(24)26/h3-13,21,28H,1-2H3,(H2,26,27)/t21-,24-/m1/s1. The maximum absolute atomic E-state index is 13.4. The molecule has 0 bridgehead atoms. The third-order valence-electron chi connectivity index (χ3n) is 5.92. The Balaban J connectivity index is 1.87. The van der Waals surface area contributed by atoms with E-state index in [9.17, 15) is 4.79 Å². The highest BCUT2D eigenvalue weighted by Crippen LogP contribution is 2.54. The number of para-hydroxylation sites is 1. The summed E-state index contributed by atoms with van der Waals surface area (Å²) >= 11 is 6.39. The van der Waals surface area contributed by atoms with Gasteiger partial charge in [0.25, 0.3) is 0 Å². The second kappa shape index (κ2) is 7.03. The summed E-state index contributed by atoms with van der Waals surface area (Å²) in [6.07, 6.45) is 0. The number of nitrogens with two attached hydrogens (primary N) is 1. The van der Waals surface area contributed by atoms with Crippen LogP contribution in [0.25, 0.3) is 0 Å². The van der Waals surface area contributed by atoms with Crippen molar-refractivity contribution in [3.05, 3.63) is 82.9 Å². The lowest BCUT2D eigenvalue weighted by molar-refractivity contribution is -0.144. The molecule has 0 saturated heterocycles. The largest absolute Gasteiger partial charge is 0.467 e. The summed E-state index contributed by atoms with van der Waals surface area (Å²) < 4.78 is 5.26. The third kappa shape index (κ3) is 2.79. The van der Waals surface area contributed by atoms with Crippen molar-refractivity contribution in [3.63, 3.8) is 0 Å². The number of carbonyl (C=O) groups is 1. The molecule has 7 heteroatoms. The fourth-order valence-corrected chi connectivity index (χ4v) is 4.63. The number of rotatable bonds is 2. The van der Waals surface area contributed by atoms with E-state index in [4.69, 9.17) is 22.1 Å². The highest BCUT2D eigenvalue weighted by molar-refractivity contribution is 6.31. The molecule has 3 aromatic rings. The predicted octanol–water partition coefficient (Wildman–Crippen LogP) is 4.87. The number of hydrogen-bond donors (Lipinski definition) is 2. The smallest absolute Gasteiger partial charge is 0.342 e. The summed E-state index contributed by atoms with van der Waals surface area (Å²) in [5.41, 5.74) is 10.3. The van der Waals surface area contributed by atoms with Crippen LogP contribution in [0.4, 0.5) is 22.7 Å². The van der Waals surface area contributed by atoms with Crippen molar-refractivity contribution in [1.82, 2.24) is 0 Å². The zero-order valence-electron chi connectivity index (χ0n) is 17.1. The number of nitrogens with zero attached hydrogens (tertiary/aromatic N) is 2. The Hall–Kier alpha value is -3.51. The minimum absolute atomic E-state index is 0.153. The number of halogens is 1. The second-order valence-corrected chi connectivity index (χ2v) is 8.19. The van der Waals surface area contributed by atoms with Gasteiger partial charge in [-0.3, -0.25) is 0 Å². The molecule has 2 atom stereocenters. The van der Waals surface area contributed by atoms with Crippen LogP contribution in [0, 0.1) is 6.92 Å². The van der Waals surface area contributed by atoms with Crippen LogP contribution in [0.3, 0.4) is 0 Å². The first-order chi connectivity index (χ1) is 15.0. The highest BCUT2D eigenvalue weighted by atomic mass is 35.5. The van der Waals surface area contributed by atoms with Crippen molar-refractivity contribution in [2.24, 2.45) is 10.7 Å². The number of amidine groups is 1. The summed E-state index contributed by atoms with van der Waals surface area (Å²) in [7, 11) is 1.36. The van der Waals surface area contributed by atoms with E-state index in [0.717, 1.165) is 22.5 Å². The number of methoxy groups -OCH3 is 1. The fourth-order valence-electron chi connectivity index (χ4n) is 4.46. The van der Waals surface area contributed by atoms with Gasteiger partial charge in [-0.1, -0.05) is 47.5 Å². The van der Waals surface area contributed by atoms with Crippen LogP contribution < -0.4 is 16.0 Å². The molecule has 0 spiro atoms. The molecule has 0 saturated carbocycles. The summed E-state index contributed by atoms with van der Waals surface area (Å²) in [4.78, 5) is 20.0. The summed E-state index contributed by atoms with van der Waals surface area (Å²) in [5, 5.41) is 3.95. The first-order valence-corrected chi connectivity index (χ1v) is 10.3. The molecule has 5 rings (SSSR count). The number of fused-ring (bicyclic) bond motifs is 4. The molecule has 2 aliphatic heterocycles. The molecule has 0 radical (unpaired) electrons. The van der Waals surface area contributed by atoms with Crippen LogP contribution in [-0.2, 0) is 9.53 Å². The first kappa shape index (κ1) is 19.5. The van der Waals surface area contributed by atoms with Crippen molar-refractivity contribution in [3.8, 4) is 0 Å². The molecule has 3 aromatic carbocycles. The number of nitrogens with one attached hydrogen (secondary N) is 1. The summed E-state index contributed by atoms with van der Waals surface area (Å²) in [5.74, 6) is -0.355. The molecule has 31 heavy (non-hydrogen) atoms. The van der Waals surface area contributed by atoms with Crippen molar-refractivity contribution < 1.29 is 9.53 Å². The Bertz CT molecular complexity index is 1220. The number of aryl methyl sites for hydroxylation is 1. The molecule has 0 aromatic heterocycles. The van der Waals surface area contributed by atoms with E-state index < -0.39 is 17.6 Å². The number of hydrogen-bond acceptors (Lipinski definition) is 6. The molecule has 2 heterocycles. The van der Waals surface area contributed by atoms with Crippen LogP contribution in [0.5, 0.6) is 0 Å². The second-order valence-electron chi connectivity index (χ2n) is 7.75. The van der Waals surface area contributed by atoms with Gasteiger partial charge in [0.05, 0.1) is 24.2 Å². The Morgan fingerprint density at radius 2 is 1.90 bits per heavy atom. The first-order valence-electron chi connectivity index (χ1n) is 9.91. The van der Waals surface area contributed by atoms with E-state index in [0.29, 0.717) is 16.4 Å². The van der Waals surface area contributed by atoms with Crippen molar-refractivity contribution in [2.75, 3.05) is 17.3 Å². The van der Waals surface area contributed by atoms with Gasteiger partial charge in [-0.25, -0.2) is 9.79 Å². The number of benzene rings is 3. The fraction of sp³-hybridized carbons (Fsp3) is 0.167. The number of esters is 1. The molecule has 0 amide bonds. The molecule has 3 N–H and O–H groups in total. The molecule has 6 nitrogen and oxygen atoms in total. The molecule has 0 fully saturated rings. The number of ether oxygens (including phenoxy) is 1. The van der Waals surface area contributed by atoms with Crippen molar-refractivity contribution in [2.45, 2.75) is 18.5 Å². The topological polar surface area (TPSA) is 80.0 Å². The average Bonchev–Trinajstić information content (AvgIpc) is 2.78. The van der Waals surface area contributed by atoms with E-state index in [1.807, 2.05) is 67.6 Å². The number of carbonyl (C=O) groups excluding carboxylic acids is 1. The maximum atomic E-state index is 13.4. The van der Waals surface area contributed by atoms with Gasteiger partial charge in [-0.2, -0.15) is 0 Å². The van der Waals surface area contributed by atoms with Crippen molar-refractivity contribution in [1.29, 1.82) is 0 Å². The maximum Gasteiger partial charge on any atom is 0.342 e. The summed E-state index contributed by atoms with van der Waals surface area (Å²) in [6, 6.07) is 20.8. The highest BCUT2D eigenvalue weighted by Gasteiger charge is 2.59. The van der Waals surface area contributed by atoms with Crippen LogP contribution in [0.15, 0.2) is 71.7 Å². The monoisotopic (exact) mass is 432 g/mol. The molecule has 0 unspecified atom stereocenters. The van der Waals surface area contributed by atoms with Gasteiger partial charge in [0, 0.05) is 16.3 Å². The minimum Gasteiger partial charge on any atom is -0.467 e. The zero-order chi connectivity index (χ0) is 21.8. The van der Waals surface area contributed by atoms with E-state index in [1.165, 1.54) is 7.11 Å². The summed E-state index contributed by atoms with van der Waals surface area (Å²) in [6.45, 7) is 2.03. The lowest BCUT2D eigenvalue weighted by Gasteiger charge is -2.51. The zero-order valence-corrected chi connectivity index (χ0v) is 17.9.